The van der Waals surface area contributed by atoms with E-state index in [4.69, 9.17) is 16.3 Å². The topological polar surface area (TPSA) is 90.3 Å². The van der Waals surface area contributed by atoms with E-state index in [1.165, 1.54) is 19.2 Å². The maximum atomic E-state index is 12.9. The number of rotatable bonds is 5. The van der Waals surface area contributed by atoms with Crippen LogP contribution in [-0.2, 0) is 10.0 Å². The minimum absolute atomic E-state index is 0.0388. The number of carbonyl (C=O) groups excluding carboxylic acids is 1. The third-order valence-corrected chi connectivity index (χ3v) is 7.32. The zero-order valence-corrected chi connectivity index (χ0v) is 19.0. The van der Waals surface area contributed by atoms with Crippen molar-refractivity contribution in [2.24, 2.45) is 5.92 Å². The predicted molar refractivity (Wildman–Crippen MR) is 103 cm³/mol. The van der Waals surface area contributed by atoms with Gasteiger partial charge in [-0.2, -0.15) is 13.2 Å². The van der Waals surface area contributed by atoms with Gasteiger partial charge in [0.25, 0.3) is 15.9 Å². The van der Waals surface area contributed by atoms with Gasteiger partial charge in [-0.05, 0) is 50.4 Å². The van der Waals surface area contributed by atoms with Crippen LogP contribution in [0.1, 0.15) is 23.0 Å². The lowest BCUT2D eigenvalue weighted by Crippen LogP contribution is -2.31. The summed E-state index contributed by atoms with van der Waals surface area (Å²) in [6, 6.07) is 2.90. The fourth-order valence-corrected chi connectivity index (χ4v) is 5.70. The minimum Gasteiger partial charge on any atom is -0.497 e. The van der Waals surface area contributed by atoms with E-state index in [1.807, 2.05) is 4.72 Å². The first-order chi connectivity index (χ1) is 13.4. The number of carbonyl (C=O) groups is 1. The molecule has 0 spiro atoms. The summed E-state index contributed by atoms with van der Waals surface area (Å²) in [5, 5.41) is -0.150. The predicted octanol–water partition coefficient (Wildman–Crippen LogP) is 4.31. The summed E-state index contributed by atoms with van der Waals surface area (Å²) in [6.07, 6.45) is -4.56. The number of aromatic nitrogens is 2. The Kier molecular flexibility index (Phi) is 5.98. The van der Waals surface area contributed by atoms with Crippen molar-refractivity contribution in [2.75, 3.05) is 7.11 Å². The highest BCUT2D eigenvalue weighted by atomic mass is 79.9. The van der Waals surface area contributed by atoms with Gasteiger partial charge in [0.05, 0.1) is 18.1 Å². The number of amides is 1. The number of halogens is 6. The molecule has 1 saturated carbocycles. The first-order valence-corrected chi connectivity index (χ1v) is 11.2. The quantitative estimate of drug-likeness (QED) is 0.569. The zero-order chi connectivity index (χ0) is 21.7. The molecule has 3 rings (SSSR count). The Hall–Kier alpha value is -1.31. The van der Waals surface area contributed by atoms with Crippen molar-refractivity contribution in [2.45, 2.75) is 23.5 Å². The summed E-state index contributed by atoms with van der Waals surface area (Å²) in [6.45, 7) is 0. The van der Waals surface area contributed by atoms with Gasteiger partial charge in [0, 0.05) is 12.1 Å². The monoisotopic (exact) mass is 579 g/mol. The lowest BCUT2D eigenvalue weighted by molar-refractivity contribution is -0.150. The van der Waals surface area contributed by atoms with Crippen molar-refractivity contribution in [3.63, 3.8) is 0 Å². The first kappa shape index (κ1) is 22.4. The van der Waals surface area contributed by atoms with Crippen LogP contribution in [-0.4, -0.2) is 37.2 Å². The average Bonchev–Trinajstić information content (AvgIpc) is 3.34. The molecule has 1 N–H and O–H groups in total. The van der Waals surface area contributed by atoms with Gasteiger partial charge in [-0.3, -0.25) is 4.79 Å². The van der Waals surface area contributed by atoms with E-state index < -0.39 is 44.7 Å². The van der Waals surface area contributed by atoms with E-state index in [0.29, 0.717) is 0 Å². The molecule has 0 radical (unpaired) electrons. The molecular formula is C15H11Br2ClF3N3O4S. The largest absolute Gasteiger partial charge is 0.497 e. The zero-order valence-electron chi connectivity index (χ0n) is 14.3. The van der Waals surface area contributed by atoms with Gasteiger partial charge in [0.15, 0.2) is 10.4 Å². The summed E-state index contributed by atoms with van der Waals surface area (Å²) < 4.78 is 71.5. The van der Waals surface area contributed by atoms with Crippen molar-refractivity contribution in [1.29, 1.82) is 0 Å². The van der Waals surface area contributed by atoms with Crippen LogP contribution in [0.5, 0.6) is 5.75 Å². The lowest BCUT2D eigenvalue weighted by Gasteiger charge is -2.10. The summed E-state index contributed by atoms with van der Waals surface area (Å²) in [4.78, 5) is 15.9. The van der Waals surface area contributed by atoms with Crippen LogP contribution in [0, 0.1) is 5.92 Å². The third kappa shape index (κ3) is 4.42. The van der Waals surface area contributed by atoms with Crippen molar-refractivity contribution < 1.29 is 31.1 Å². The number of hydrogen-bond donors (Lipinski definition) is 1. The SMILES string of the molecule is COc1ccc(Cl)c(S(=O)(=O)NC(=O)c2nc(Br)n(C3CC3C(F)(F)F)c2Br)c1. The highest BCUT2D eigenvalue weighted by Gasteiger charge is 2.57. The van der Waals surface area contributed by atoms with Gasteiger partial charge >= 0.3 is 6.18 Å². The van der Waals surface area contributed by atoms with E-state index in [9.17, 15) is 26.4 Å². The first-order valence-electron chi connectivity index (χ1n) is 7.77. The molecule has 1 aliphatic rings. The highest BCUT2D eigenvalue weighted by molar-refractivity contribution is 9.11. The van der Waals surface area contributed by atoms with Gasteiger partial charge in [0.1, 0.15) is 15.2 Å². The molecular weight excluding hydrogens is 571 g/mol. The molecule has 0 saturated heterocycles. The summed E-state index contributed by atoms with van der Waals surface area (Å²) >= 11 is 12.0. The van der Waals surface area contributed by atoms with Gasteiger partial charge in [-0.15, -0.1) is 0 Å². The van der Waals surface area contributed by atoms with Crippen molar-refractivity contribution >= 4 is 59.4 Å². The molecule has 2 atom stereocenters. The number of nitrogens with zero attached hydrogens (tertiary/aromatic N) is 2. The molecule has 2 aromatic rings. The van der Waals surface area contributed by atoms with Crippen molar-refractivity contribution in [3.8, 4) is 5.75 Å². The van der Waals surface area contributed by atoms with Gasteiger partial charge in [-0.25, -0.2) is 18.1 Å². The molecule has 29 heavy (non-hydrogen) atoms. The molecule has 1 heterocycles. The van der Waals surface area contributed by atoms with E-state index in [1.54, 1.807) is 0 Å². The maximum absolute atomic E-state index is 12.9. The fourth-order valence-electron chi connectivity index (χ4n) is 2.67. The number of methoxy groups -OCH3 is 1. The Morgan fingerprint density at radius 1 is 1.38 bits per heavy atom. The molecule has 14 heteroatoms. The van der Waals surface area contributed by atoms with Crippen LogP contribution in [0.15, 0.2) is 32.4 Å². The van der Waals surface area contributed by atoms with Gasteiger partial charge in [-0.1, -0.05) is 11.6 Å². The van der Waals surface area contributed by atoms with E-state index >= 15 is 0 Å². The molecule has 1 aromatic heterocycles. The molecule has 1 fully saturated rings. The van der Waals surface area contributed by atoms with E-state index in [0.717, 1.165) is 10.6 Å². The Labute approximate surface area is 184 Å². The van der Waals surface area contributed by atoms with Crippen LogP contribution >= 0.6 is 43.5 Å². The Morgan fingerprint density at radius 3 is 2.59 bits per heavy atom. The standard InChI is InChI=1S/C15H11Br2ClF3N3O4S/c1-28-6-2-3-8(18)10(4-6)29(26,27)23-13(25)11-12(16)24(14(17)22-11)9-5-7(9)15(19,20)21/h2-4,7,9H,5H2,1H3,(H,23,25). The second-order valence-electron chi connectivity index (χ2n) is 6.07. The number of benzene rings is 1. The van der Waals surface area contributed by atoms with Crippen molar-refractivity contribution in [1.82, 2.24) is 14.3 Å². The molecule has 1 amide bonds. The number of sulfonamides is 1. The number of alkyl halides is 3. The molecule has 158 valence electrons. The van der Waals surface area contributed by atoms with Crippen LogP contribution in [0.2, 0.25) is 5.02 Å². The molecule has 0 bridgehead atoms. The lowest BCUT2D eigenvalue weighted by atomic mass is 10.3. The smallest absolute Gasteiger partial charge is 0.393 e. The number of nitrogens with one attached hydrogen (secondary N) is 1. The summed E-state index contributed by atoms with van der Waals surface area (Å²) in [5.41, 5.74) is -0.396. The molecule has 1 aromatic carbocycles. The second-order valence-corrected chi connectivity index (χ2v) is 9.59. The average molecular weight is 582 g/mol. The summed E-state index contributed by atoms with van der Waals surface area (Å²) in [5.74, 6) is -2.51. The van der Waals surface area contributed by atoms with Gasteiger partial charge in [0.2, 0.25) is 0 Å². The second kappa shape index (κ2) is 7.75. The van der Waals surface area contributed by atoms with E-state index in [-0.39, 0.29) is 26.5 Å². The Morgan fingerprint density at radius 2 is 2.03 bits per heavy atom. The molecule has 0 aliphatic heterocycles. The molecule has 2 unspecified atom stereocenters. The minimum atomic E-state index is -4.41. The van der Waals surface area contributed by atoms with Crippen LogP contribution < -0.4 is 9.46 Å². The summed E-state index contributed by atoms with van der Waals surface area (Å²) in [7, 11) is -3.08. The Bertz CT molecular complexity index is 1090. The van der Waals surface area contributed by atoms with Crippen LogP contribution in [0.4, 0.5) is 13.2 Å². The van der Waals surface area contributed by atoms with Crippen LogP contribution in [0.25, 0.3) is 0 Å². The van der Waals surface area contributed by atoms with E-state index in [2.05, 4.69) is 36.8 Å². The maximum Gasteiger partial charge on any atom is 0.393 e. The third-order valence-electron chi connectivity index (χ3n) is 4.19. The number of imidazole rings is 1. The number of ether oxygens (including phenoxy) is 1. The highest BCUT2D eigenvalue weighted by Crippen LogP contribution is 2.55. The van der Waals surface area contributed by atoms with Crippen molar-refractivity contribution in [3.05, 3.63) is 38.3 Å². The Balaban J connectivity index is 1.88. The fraction of sp³-hybridized carbons (Fsp3) is 0.333. The van der Waals surface area contributed by atoms with Crippen LogP contribution in [0.3, 0.4) is 0 Å². The molecule has 1 aliphatic carbocycles. The van der Waals surface area contributed by atoms with Gasteiger partial charge < -0.3 is 9.30 Å². The number of hydrogen-bond acceptors (Lipinski definition) is 5. The molecule has 7 nitrogen and oxygen atoms in total. The normalized spacial score (nSPS) is 19.1.